The lowest BCUT2D eigenvalue weighted by Crippen LogP contribution is -2.22. The van der Waals surface area contributed by atoms with Crippen LogP contribution in [0.3, 0.4) is 0 Å². The van der Waals surface area contributed by atoms with E-state index in [2.05, 4.69) is 33.4 Å². The number of nitrogens with zero attached hydrogens (tertiary/aromatic N) is 1. The first-order chi connectivity index (χ1) is 9.61. The van der Waals surface area contributed by atoms with Crippen LogP contribution in [0.15, 0.2) is 33.8 Å². The molecule has 2 saturated carbocycles. The van der Waals surface area contributed by atoms with Gasteiger partial charge in [-0.1, -0.05) is 47.8 Å². The van der Waals surface area contributed by atoms with E-state index in [-0.39, 0.29) is 17.2 Å². The van der Waals surface area contributed by atoms with E-state index in [1.165, 1.54) is 25.7 Å². The maximum Gasteiger partial charge on any atom is 0.244 e. The van der Waals surface area contributed by atoms with E-state index in [9.17, 15) is 4.79 Å². The van der Waals surface area contributed by atoms with Gasteiger partial charge < -0.3 is 0 Å². The highest BCUT2D eigenvalue weighted by Crippen LogP contribution is 2.66. The third-order valence-corrected chi connectivity index (χ3v) is 5.40. The molecule has 2 aliphatic carbocycles. The van der Waals surface area contributed by atoms with E-state index in [4.69, 9.17) is 0 Å². The number of halogens is 1. The van der Waals surface area contributed by atoms with Crippen LogP contribution in [-0.4, -0.2) is 12.1 Å². The molecule has 0 spiro atoms. The summed E-state index contributed by atoms with van der Waals surface area (Å²) in [6, 6.07) is 7.83. The highest BCUT2D eigenvalue weighted by atomic mass is 79.9. The van der Waals surface area contributed by atoms with E-state index in [1.807, 2.05) is 24.3 Å². The predicted molar refractivity (Wildman–Crippen MR) is 83.4 cm³/mol. The second-order valence-electron chi connectivity index (χ2n) is 6.12. The minimum Gasteiger partial charge on any atom is -0.273 e. The van der Waals surface area contributed by atoms with Crippen molar-refractivity contribution in [2.24, 2.45) is 22.4 Å². The van der Waals surface area contributed by atoms with Crippen molar-refractivity contribution in [3.63, 3.8) is 0 Å². The van der Waals surface area contributed by atoms with Crippen LogP contribution in [0.1, 0.15) is 38.2 Å². The van der Waals surface area contributed by atoms with Crippen LogP contribution in [-0.2, 0) is 4.79 Å². The number of fused-ring (bicyclic) bond motifs is 1. The molecule has 0 saturated heterocycles. The van der Waals surface area contributed by atoms with Gasteiger partial charge in [-0.05, 0) is 41.9 Å². The average Bonchev–Trinajstić information content (AvgIpc) is 3.06. The van der Waals surface area contributed by atoms with Crippen molar-refractivity contribution in [2.45, 2.75) is 32.6 Å². The lowest BCUT2D eigenvalue weighted by atomic mass is 9.90. The number of carbonyl (C=O) groups is 1. The molecule has 3 nitrogen and oxygen atoms in total. The second kappa shape index (κ2) is 5.32. The molecule has 4 heteroatoms. The summed E-state index contributed by atoms with van der Waals surface area (Å²) in [4.78, 5) is 12.2. The van der Waals surface area contributed by atoms with Crippen LogP contribution in [0.2, 0.25) is 0 Å². The van der Waals surface area contributed by atoms with Gasteiger partial charge in [-0.3, -0.25) is 4.79 Å². The van der Waals surface area contributed by atoms with Crippen LogP contribution in [0.5, 0.6) is 0 Å². The fraction of sp³-hybridized carbons (Fsp3) is 0.500. The zero-order valence-electron chi connectivity index (χ0n) is 11.6. The van der Waals surface area contributed by atoms with Crippen LogP contribution < -0.4 is 5.43 Å². The Bertz CT molecular complexity index is 540. The maximum atomic E-state index is 12.2. The summed E-state index contributed by atoms with van der Waals surface area (Å²) in [6.07, 6.45) is 6.61. The van der Waals surface area contributed by atoms with Gasteiger partial charge >= 0.3 is 0 Å². The smallest absolute Gasteiger partial charge is 0.244 e. The summed E-state index contributed by atoms with van der Waals surface area (Å²) in [5, 5.41) is 4.08. The lowest BCUT2D eigenvalue weighted by molar-refractivity contribution is -0.123. The van der Waals surface area contributed by atoms with Crippen molar-refractivity contribution < 1.29 is 4.79 Å². The molecule has 1 aromatic carbocycles. The molecular weight excluding hydrogens is 316 g/mol. The first-order valence-electron chi connectivity index (χ1n) is 7.20. The minimum atomic E-state index is 0.0905. The summed E-state index contributed by atoms with van der Waals surface area (Å²) in [6.45, 7) is 2.25. The molecule has 2 fully saturated rings. The topological polar surface area (TPSA) is 41.5 Å². The molecule has 20 heavy (non-hydrogen) atoms. The third-order valence-electron chi connectivity index (χ3n) is 4.87. The minimum absolute atomic E-state index is 0.0905. The van der Waals surface area contributed by atoms with E-state index in [1.54, 1.807) is 6.21 Å². The molecule has 2 aliphatic rings. The molecule has 0 bridgehead atoms. The number of nitrogens with one attached hydrogen (secondary N) is 1. The molecule has 1 N–H and O–H groups in total. The number of hydrazone groups is 1. The SMILES string of the molecule is CC12CCCCC1C2C(=O)N/N=C\c1ccc(Br)cc1. The Balaban J connectivity index is 1.56. The van der Waals surface area contributed by atoms with Gasteiger partial charge in [-0.25, -0.2) is 5.43 Å². The lowest BCUT2D eigenvalue weighted by Gasteiger charge is -2.15. The summed E-state index contributed by atoms with van der Waals surface area (Å²) in [5.74, 6) is 0.846. The average molecular weight is 335 g/mol. The van der Waals surface area contributed by atoms with Crippen molar-refractivity contribution in [3.8, 4) is 0 Å². The Morgan fingerprint density at radius 3 is 2.80 bits per heavy atom. The van der Waals surface area contributed by atoms with Crippen LogP contribution in [0.25, 0.3) is 0 Å². The molecule has 3 atom stereocenters. The fourth-order valence-electron chi connectivity index (χ4n) is 3.64. The first-order valence-corrected chi connectivity index (χ1v) is 7.99. The molecular formula is C16H19BrN2O. The Morgan fingerprint density at radius 1 is 1.40 bits per heavy atom. The Kier molecular flexibility index (Phi) is 3.67. The fourth-order valence-corrected chi connectivity index (χ4v) is 3.90. The Morgan fingerprint density at radius 2 is 2.15 bits per heavy atom. The van der Waals surface area contributed by atoms with Crippen molar-refractivity contribution in [2.75, 3.05) is 0 Å². The Hall–Kier alpha value is -1.16. The quantitative estimate of drug-likeness (QED) is 0.664. The van der Waals surface area contributed by atoms with Gasteiger partial charge in [-0.2, -0.15) is 5.10 Å². The maximum absolute atomic E-state index is 12.2. The van der Waals surface area contributed by atoms with Gasteiger partial charge in [0, 0.05) is 10.4 Å². The highest BCUT2D eigenvalue weighted by molar-refractivity contribution is 9.10. The summed E-state index contributed by atoms with van der Waals surface area (Å²) in [5.41, 5.74) is 3.93. The second-order valence-corrected chi connectivity index (χ2v) is 7.04. The number of benzene rings is 1. The molecule has 3 rings (SSSR count). The Labute approximate surface area is 128 Å². The third kappa shape index (κ3) is 2.53. The highest BCUT2D eigenvalue weighted by Gasteiger charge is 2.64. The normalized spacial score (nSPS) is 31.9. The number of hydrogen-bond donors (Lipinski definition) is 1. The van der Waals surface area contributed by atoms with Gasteiger partial charge in [0.15, 0.2) is 0 Å². The number of rotatable bonds is 3. The summed E-state index contributed by atoms with van der Waals surface area (Å²) < 4.78 is 1.04. The van der Waals surface area contributed by atoms with Crippen molar-refractivity contribution >= 4 is 28.1 Å². The predicted octanol–water partition coefficient (Wildman–Crippen LogP) is 3.73. The zero-order chi connectivity index (χ0) is 14.2. The van der Waals surface area contributed by atoms with Crippen molar-refractivity contribution in [3.05, 3.63) is 34.3 Å². The molecule has 1 aromatic rings. The first kappa shape index (κ1) is 13.8. The van der Waals surface area contributed by atoms with Gasteiger partial charge in [0.1, 0.15) is 0 Å². The van der Waals surface area contributed by atoms with Gasteiger partial charge in [-0.15, -0.1) is 0 Å². The van der Waals surface area contributed by atoms with E-state index < -0.39 is 0 Å². The molecule has 0 heterocycles. The number of hydrogen-bond acceptors (Lipinski definition) is 2. The van der Waals surface area contributed by atoms with E-state index in [0.29, 0.717) is 5.92 Å². The van der Waals surface area contributed by atoms with Gasteiger partial charge in [0.25, 0.3) is 0 Å². The monoisotopic (exact) mass is 334 g/mol. The molecule has 1 amide bonds. The van der Waals surface area contributed by atoms with E-state index >= 15 is 0 Å². The molecule has 0 radical (unpaired) electrons. The molecule has 3 unspecified atom stereocenters. The van der Waals surface area contributed by atoms with Crippen LogP contribution >= 0.6 is 15.9 Å². The van der Waals surface area contributed by atoms with Gasteiger partial charge in [0.05, 0.1) is 6.21 Å². The van der Waals surface area contributed by atoms with Gasteiger partial charge in [0.2, 0.25) is 5.91 Å². The summed E-state index contributed by atoms with van der Waals surface area (Å²) >= 11 is 3.39. The van der Waals surface area contributed by atoms with Crippen LogP contribution in [0, 0.1) is 17.3 Å². The van der Waals surface area contributed by atoms with Crippen molar-refractivity contribution in [1.29, 1.82) is 0 Å². The summed E-state index contributed by atoms with van der Waals surface area (Å²) in [7, 11) is 0. The largest absolute Gasteiger partial charge is 0.273 e. The van der Waals surface area contributed by atoms with Crippen LogP contribution in [0.4, 0.5) is 0 Å². The zero-order valence-corrected chi connectivity index (χ0v) is 13.2. The molecule has 0 aromatic heterocycles. The number of amides is 1. The van der Waals surface area contributed by atoms with Crippen molar-refractivity contribution in [1.82, 2.24) is 5.43 Å². The molecule has 106 valence electrons. The number of carbonyl (C=O) groups excluding carboxylic acids is 1. The molecule has 0 aliphatic heterocycles. The van der Waals surface area contributed by atoms with E-state index in [0.717, 1.165) is 10.0 Å². The standard InChI is InChI=1S/C16H19BrN2O/c1-16-9-3-2-4-13(16)14(16)15(20)19-18-10-11-5-7-12(17)8-6-11/h5-8,10,13-14H,2-4,9H2,1H3,(H,19,20)/b18-10-.